The monoisotopic (exact) mass is 231 g/mol. The Morgan fingerprint density at radius 2 is 2.06 bits per heavy atom. The van der Waals surface area contributed by atoms with E-state index in [4.69, 9.17) is 4.42 Å². The largest absolute Gasteiger partial charge is 0.506 e. The van der Waals surface area contributed by atoms with Crippen LogP contribution in [0, 0.1) is 13.8 Å². The lowest BCUT2D eigenvalue weighted by Gasteiger charge is -2.07. The second kappa shape index (κ2) is 4.33. The van der Waals surface area contributed by atoms with Crippen molar-refractivity contribution in [2.24, 2.45) is 0 Å². The molecular weight excluding hydrogens is 218 g/mol. The quantitative estimate of drug-likeness (QED) is 0.781. The molecule has 2 N–H and O–H groups in total. The van der Waals surface area contributed by atoms with Gasteiger partial charge in [-0.05, 0) is 37.6 Å². The van der Waals surface area contributed by atoms with E-state index in [9.17, 15) is 9.90 Å². The number of nitrogens with one attached hydrogen (secondary N) is 1. The standard InChI is InChI=1S/C13H13NO3/c1-8-3-4-12(15)11(7-8)14-13(16)10-5-6-17-9(10)2/h3-7,15H,1-2H3,(H,14,16). The lowest BCUT2D eigenvalue weighted by atomic mass is 10.2. The van der Waals surface area contributed by atoms with Gasteiger partial charge in [0.1, 0.15) is 11.5 Å². The zero-order valence-electron chi connectivity index (χ0n) is 9.65. The molecule has 1 heterocycles. The molecule has 1 amide bonds. The van der Waals surface area contributed by atoms with Crippen LogP contribution in [-0.4, -0.2) is 11.0 Å². The molecule has 0 radical (unpaired) electrons. The molecule has 0 bridgehead atoms. The normalized spacial score (nSPS) is 10.2. The molecule has 0 saturated carbocycles. The summed E-state index contributed by atoms with van der Waals surface area (Å²) >= 11 is 0. The zero-order valence-corrected chi connectivity index (χ0v) is 9.65. The van der Waals surface area contributed by atoms with Gasteiger partial charge < -0.3 is 14.8 Å². The molecule has 0 spiro atoms. The number of rotatable bonds is 2. The van der Waals surface area contributed by atoms with Crippen molar-refractivity contribution in [3.05, 3.63) is 47.4 Å². The number of hydrogen-bond donors (Lipinski definition) is 2. The molecule has 0 aliphatic carbocycles. The number of carbonyl (C=O) groups is 1. The molecule has 0 saturated heterocycles. The Bertz CT molecular complexity index is 558. The first-order valence-corrected chi connectivity index (χ1v) is 5.23. The highest BCUT2D eigenvalue weighted by atomic mass is 16.3. The van der Waals surface area contributed by atoms with E-state index in [2.05, 4.69) is 5.32 Å². The summed E-state index contributed by atoms with van der Waals surface area (Å²) < 4.78 is 5.05. The molecule has 17 heavy (non-hydrogen) atoms. The third-order valence-electron chi connectivity index (χ3n) is 2.50. The number of phenols is 1. The maximum atomic E-state index is 11.9. The first kappa shape index (κ1) is 11.3. The summed E-state index contributed by atoms with van der Waals surface area (Å²) in [4.78, 5) is 11.9. The SMILES string of the molecule is Cc1ccc(O)c(NC(=O)c2ccoc2C)c1. The fourth-order valence-electron chi connectivity index (χ4n) is 1.56. The van der Waals surface area contributed by atoms with Crippen LogP contribution in [0.15, 0.2) is 34.9 Å². The average Bonchev–Trinajstić information content (AvgIpc) is 2.70. The van der Waals surface area contributed by atoms with Gasteiger partial charge >= 0.3 is 0 Å². The third-order valence-corrected chi connectivity index (χ3v) is 2.50. The van der Waals surface area contributed by atoms with Crippen molar-refractivity contribution >= 4 is 11.6 Å². The van der Waals surface area contributed by atoms with Crippen molar-refractivity contribution in [1.29, 1.82) is 0 Å². The van der Waals surface area contributed by atoms with Gasteiger partial charge in [-0.25, -0.2) is 0 Å². The van der Waals surface area contributed by atoms with Gasteiger partial charge in [-0.1, -0.05) is 6.07 Å². The lowest BCUT2D eigenvalue weighted by molar-refractivity contribution is 0.102. The zero-order chi connectivity index (χ0) is 12.4. The number of furan rings is 1. The number of hydrogen-bond acceptors (Lipinski definition) is 3. The summed E-state index contributed by atoms with van der Waals surface area (Å²) in [5, 5.41) is 12.3. The van der Waals surface area contributed by atoms with E-state index < -0.39 is 0 Å². The summed E-state index contributed by atoms with van der Waals surface area (Å²) in [5.41, 5.74) is 1.82. The summed E-state index contributed by atoms with van der Waals surface area (Å²) in [5.74, 6) is 0.303. The van der Waals surface area contributed by atoms with Crippen LogP contribution in [-0.2, 0) is 0 Å². The van der Waals surface area contributed by atoms with Gasteiger partial charge in [0.25, 0.3) is 5.91 Å². The van der Waals surface area contributed by atoms with Crippen LogP contribution in [0.4, 0.5) is 5.69 Å². The molecular formula is C13H13NO3. The predicted octanol–water partition coefficient (Wildman–Crippen LogP) is 2.85. The van der Waals surface area contributed by atoms with E-state index in [0.29, 0.717) is 17.0 Å². The van der Waals surface area contributed by atoms with E-state index >= 15 is 0 Å². The number of carbonyl (C=O) groups excluding carboxylic acids is 1. The molecule has 2 aromatic rings. The van der Waals surface area contributed by atoms with Crippen LogP contribution < -0.4 is 5.32 Å². The Balaban J connectivity index is 2.24. The van der Waals surface area contributed by atoms with E-state index in [1.54, 1.807) is 31.2 Å². The van der Waals surface area contributed by atoms with Crippen molar-refractivity contribution in [3.8, 4) is 5.75 Å². The fraction of sp³-hybridized carbons (Fsp3) is 0.154. The first-order valence-electron chi connectivity index (χ1n) is 5.23. The number of phenolic OH excluding ortho intramolecular Hbond substituents is 1. The lowest BCUT2D eigenvalue weighted by Crippen LogP contribution is -2.12. The highest BCUT2D eigenvalue weighted by Crippen LogP contribution is 2.24. The van der Waals surface area contributed by atoms with Crippen LogP contribution in [0.1, 0.15) is 21.7 Å². The minimum Gasteiger partial charge on any atom is -0.506 e. The Morgan fingerprint density at radius 3 is 2.71 bits per heavy atom. The van der Waals surface area contributed by atoms with Crippen LogP contribution >= 0.6 is 0 Å². The highest BCUT2D eigenvalue weighted by Gasteiger charge is 2.13. The number of benzene rings is 1. The highest BCUT2D eigenvalue weighted by molar-refractivity contribution is 6.05. The molecule has 1 aromatic carbocycles. The second-order valence-corrected chi connectivity index (χ2v) is 3.87. The van der Waals surface area contributed by atoms with Crippen molar-refractivity contribution in [2.75, 3.05) is 5.32 Å². The molecule has 0 atom stereocenters. The summed E-state index contributed by atoms with van der Waals surface area (Å²) in [7, 11) is 0. The van der Waals surface area contributed by atoms with Crippen molar-refractivity contribution in [3.63, 3.8) is 0 Å². The van der Waals surface area contributed by atoms with Crippen molar-refractivity contribution in [2.45, 2.75) is 13.8 Å². The smallest absolute Gasteiger partial charge is 0.259 e. The van der Waals surface area contributed by atoms with E-state index in [1.807, 2.05) is 6.92 Å². The minimum absolute atomic E-state index is 0.0464. The molecule has 4 heteroatoms. The molecule has 0 aliphatic heterocycles. The Morgan fingerprint density at radius 1 is 1.29 bits per heavy atom. The third kappa shape index (κ3) is 2.30. The predicted molar refractivity (Wildman–Crippen MR) is 64.2 cm³/mol. The topological polar surface area (TPSA) is 62.5 Å². The number of aromatic hydroxyl groups is 1. The first-order chi connectivity index (χ1) is 8.08. The maximum Gasteiger partial charge on any atom is 0.259 e. The molecule has 4 nitrogen and oxygen atoms in total. The molecule has 0 fully saturated rings. The fourth-order valence-corrected chi connectivity index (χ4v) is 1.56. The van der Waals surface area contributed by atoms with Crippen LogP contribution in [0.5, 0.6) is 5.75 Å². The van der Waals surface area contributed by atoms with Gasteiger partial charge in [0.15, 0.2) is 0 Å². The van der Waals surface area contributed by atoms with Gasteiger partial charge in [-0.15, -0.1) is 0 Å². The Labute approximate surface area is 98.9 Å². The molecule has 88 valence electrons. The Kier molecular flexibility index (Phi) is 2.87. The van der Waals surface area contributed by atoms with Gasteiger partial charge in [0.05, 0.1) is 17.5 Å². The molecule has 0 aliphatic rings. The van der Waals surface area contributed by atoms with Crippen LogP contribution in [0.2, 0.25) is 0 Å². The van der Waals surface area contributed by atoms with Crippen LogP contribution in [0.3, 0.4) is 0 Å². The van der Waals surface area contributed by atoms with E-state index in [-0.39, 0.29) is 11.7 Å². The number of aryl methyl sites for hydroxylation is 2. The Hall–Kier alpha value is -2.23. The van der Waals surface area contributed by atoms with Crippen LogP contribution in [0.25, 0.3) is 0 Å². The average molecular weight is 231 g/mol. The van der Waals surface area contributed by atoms with Gasteiger partial charge in [0, 0.05) is 0 Å². The second-order valence-electron chi connectivity index (χ2n) is 3.87. The number of anilines is 1. The van der Waals surface area contributed by atoms with E-state index in [0.717, 1.165) is 5.56 Å². The van der Waals surface area contributed by atoms with Gasteiger partial charge in [-0.2, -0.15) is 0 Å². The summed E-state index contributed by atoms with van der Waals surface area (Å²) in [6.07, 6.45) is 1.46. The van der Waals surface area contributed by atoms with Crippen molar-refractivity contribution < 1.29 is 14.3 Å². The maximum absolute atomic E-state index is 11.9. The molecule has 0 unspecified atom stereocenters. The van der Waals surface area contributed by atoms with E-state index in [1.165, 1.54) is 6.26 Å². The van der Waals surface area contributed by atoms with Gasteiger partial charge in [-0.3, -0.25) is 4.79 Å². The molecule has 2 rings (SSSR count). The summed E-state index contributed by atoms with van der Waals surface area (Å²) in [6, 6.07) is 6.63. The molecule has 1 aromatic heterocycles. The minimum atomic E-state index is -0.294. The number of amides is 1. The summed E-state index contributed by atoms with van der Waals surface area (Å²) in [6.45, 7) is 3.60. The van der Waals surface area contributed by atoms with Gasteiger partial charge in [0.2, 0.25) is 0 Å². The van der Waals surface area contributed by atoms with Crippen molar-refractivity contribution in [1.82, 2.24) is 0 Å².